The maximum atomic E-state index is 12.9. The molecule has 2 N–H and O–H groups in total. The number of nitrogens with zero attached hydrogens (tertiary/aromatic N) is 2. The number of hydrogen-bond acceptors (Lipinski definition) is 6. The van der Waals surface area contributed by atoms with E-state index in [1.165, 1.54) is 17.4 Å². The molecule has 1 aromatic heterocycles. The first-order valence-corrected chi connectivity index (χ1v) is 11.4. The van der Waals surface area contributed by atoms with E-state index >= 15 is 0 Å². The van der Waals surface area contributed by atoms with Crippen molar-refractivity contribution in [2.75, 3.05) is 10.0 Å². The summed E-state index contributed by atoms with van der Waals surface area (Å²) in [7, 11) is -3.84. The molecule has 152 valence electrons. The number of aromatic nitrogens is 2. The predicted octanol–water partition coefficient (Wildman–Crippen LogP) is 4.16. The molecule has 0 saturated heterocycles. The molecule has 1 amide bonds. The zero-order chi connectivity index (χ0) is 21.0. The summed E-state index contributed by atoms with van der Waals surface area (Å²) in [5, 5.41) is 11.9. The Morgan fingerprint density at radius 1 is 1.07 bits per heavy atom. The van der Waals surface area contributed by atoms with E-state index in [4.69, 9.17) is 0 Å². The topological polar surface area (TPSA) is 101 Å². The van der Waals surface area contributed by atoms with Crippen LogP contribution in [-0.2, 0) is 16.4 Å². The molecule has 0 bridgehead atoms. The molecular weight excluding hydrogens is 408 g/mol. The summed E-state index contributed by atoms with van der Waals surface area (Å²) in [5.41, 5.74) is 2.26. The molecule has 0 atom stereocenters. The molecule has 3 rings (SSSR count). The van der Waals surface area contributed by atoms with Gasteiger partial charge in [-0.05, 0) is 50.1 Å². The molecule has 29 heavy (non-hydrogen) atoms. The number of benzene rings is 2. The van der Waals surface area contributed by atoms with Gasteiger partial charge in [0.05, 0.1) is 4.90 Å². The molecule has 0 aliphatic carbocycles. The maximum Gasteiger partial charge on any atom is 0.262 e. The Morgan fingerprint density at radius 2 is 1.79 bits per heavy atom. The fraction of sp³-hybridized carbons (Fsp3) is 0.250. The van der Waals surface area contributed by atoms with E-state index in [0.717, 1.165) is 23.4 Å². The third kappa shape index (κ3) is 5.18. The normalized spacial score (nSPS) is 11.3. The van der Waals surface area contributed by atoms with Crippen LogP contribution in [0.3, 0.4) is 0 Å². The lowest BCUT2D eigenvalue weighted by molar-refractivity contribution is 0.102. The van der Waals surface area contributed by atoms with Crippen LogP contribution >= 0.6 is 11.3 Å². The second-order valence-corrected chi connectivity index (χ2v) is 9.37. The van der Waals surface area contributed by atoms with E-state index in [1.54, 1.807) is 31.2 Å². The maximum absolute atomic E-state index is 12.9. The average Bonchev–Trinajstić information content (AvgIpc) is 3.11. The van der Waals surface area contributed by atoms with E-state index in [0.29, 0.717) is 16.4 Å². The molecule has 2 aromatic carbocycles. The Kier molecular flexibility index (Phi) is 6.29. The zero-order valence-corrected chi connectivity index (χ0v) is 18.0. The molecule has 3 aromatic rings. The van der Waals surface area contributed by atoms with E-state index in [1.807, 2.05) is 26.0 Å². The quantitative estimate of drug-likeness (QED) is 0.586. The van der Waals surface area contributed by atoms with Gasteiger partial charge >= 0.3 is 0 Å². The van der Waals surface area contributed by atoms with Crippen molar-refractivity contribution in [2.45, 2.75) is 38.5 Å². The standard InChI is InChI=1S/C20H22N4O3S2/c1-4-5-18-22-23-20(28-18)21-19(25)15-9-8-14(3)17(12-15)29(26,27)24-16-10-6-13(2)7-11-16/h6-12,24H,4-5H2,1-3H3,(H,21,23,25). The zero-order valence-electron chi connectivity index (χ0n) is 16.4. The summed E-state index contributed by atoms with van der Waals surface area (Å²) < 4.78 is 28.3. The van der Waals surface area contributed by atoms with Crippen molar-refractivity contribution in [1.82, 2.24) is 10.2 Å². The first-order chi connectivity index (χ1) is 13.8. The minimum Gasteiger partial charge on any atom is -0.296 e. The summed E-state index contributed by atoms with van der Waals surface area (Å²) in [6.45, 7) is 5.65. The fourth-order valence-corrected chi connectivity index (χ4v) is 4.82. The Hall–Kier alpha value is -2.78. The molecule has 0 radical (unpaired) electrons. The number of carbonyl (C=O) groups excluding carboxylic acids is 1. The van der Waals surface area contributed by atoms with Crippen molar-refractivity contribution in [3.63, 3.8) is 0 Å². The van der Waals surface area contributed by atoms with Gasteiger partial charge in [-0.15, -0.1) is 10.2 Å². The van der Waals surface area contributed by atoms with Crippen molar-refractivity contribution in [2.24, 2.45) is 0 Å². The van der Waals surface area contributed by atoms with Crippen LogP contribution < -0.4 is 10.0 Å². The van der Waals surface area contributed by atoms with E-state index in [9.17, 15) is 13.2 Å². The van der Waals surface area contributed by atoms with Gasteiger partial charge in [0.15, 0.2) is 0 Å². The Morgan fingerprint density at radius 3 is 2.48 bits per heavy atom. The number of hydrogen-bond donors (Lipinski definition) is 2. The second kappa shape index (κ2) is 8.71. The third-order valence-corrected chi connectivity index (χ3v) is 6.62. The van der Waals surface area contributed by atoms with Crippen LogP contribution in [0.2, 0.25) is 0 Å². The fourth-order valence-electron chi connectivity index (χ4n) is 2.65. The molecule has 1 heterocycles. The number of sulfonamides is 1. The molecule has 0 aliphatic heterocycles. The third-order valence-electron chi connectivity index (χ3n) is 4.19. The van der Waals surface area contributed by atoms with Crippen LogP contribution in [0, 0.1) is 13.8 Å². The first kappa shape index (κ1) is 20.9. The summed E-state index contributed by atoms with van der Waals surface area (Å²) >= 11 is 1.31. The molecule has 0 spiro atoms. The molecule has 0 fully saturated rings. The van der Waals surface area contributed by atoms with Gasteiger partial charge in [-0.1, -0.05) is 42.0 Å². The summed E-state index contributed by atoms with van der Waals surface area (Å²) in [5.74, 6) is -0.434. The monoisotopic (exact) mass is 430 g/mol. The number of rotatable bonds is 7. The number of anilines is 2. The van der Waals surface area contributed by atoms with Crippen LogP contribution in [0.25, 0.3) is 0 Å². The van der Waals surface area contributed by atoms with E-state index in [-0.39, 0.29) is 10.5 Å². The highest BCUT2D eigenvalue weighted by molar-refractivity contribution is 7.92. The van der Waals surface area contributed by atoms with Crippen LogP contribution in [-0.4, -0.2) is 24.5 Å². The van der Waals surface area contributed by atoms with Gasteiger partial charge in [0.1, 0.15) is 5.01 Å². The van der Waals surface area contributed by atoms with Crippen molar-refractivity contribution in [1.29, 1.82) is 0 Å². The number of nitrogens with one attached hydrogen (secondary N) is 2. The predicted molar refractivity (Wildman–Crippen MR) is 115 cm³/mol. The number of amides is 1. The lowest BCUT2D eigenvalue weighted by atomic mass is 10.1. The van der Waals surface area contributed by atoms with Gasteiger partial charge in [0.25, 0.3) is 15.9 Å². The lowest BCUT2D eigenvalue weighted by Gasteiger charge is -2.12. The summed E-state index contributed by atoms with van der Waals surface area (Å²) in [4.78, 5) is 12.6. The summed E-state index contributed by atoms with van der Waals surface area (Å²) in [6, 6.07) is 11.6. The molecule has 0 saturated carbocycles. The lowest BCUT2D eigenvalue weighted by Crippen LogP contribution is -2.17. The molecule has 0 unspecified atom stereocenters. The molecule has 7 nitrogen and oxygen atoms in total. The molecular formula is C20H22N4O3S2. The summed E-state index contributed by atoms with van der Waals surface area (Å²) in [6.07, 6.45) is 1.74. The highest BCUT2D eigenvalue weighted by Crippen LogP contribution is 2.23. The van der Waals surface area contributed by atoms with E-state index < -0.39 is 15.9 Å². The van der Waals surface area contributed by atoms with Gasteiger partial charge in [-0.25, -0.2) is 8.42 Å². The van der Waals surface area contributed by atoms with Gasteiger partial charge in [0.2, 0.25) is 5.13 Å². The average molecular weight is 431 g/mol. The highest BCUT2D eigenvalue weighted by Gasteiger charge is 2.20. The first-order valence-electron chi connectivity index (χ1n) is 9.12. The van der Waals surface area contributed by atoms with Crippen LogP contribution in [0.5, 0.6) is 0 Å². The van der Waals surface area contributed by atoms with Crippen molar-refractivity contribution < 1.29 is 13.2 Å². The smallest absolute Gasteiger partial charge is 0.262 e. The number of aryl methyl sites for hydroxylation is 3. The Labute approximate surface area is 174 Å². The minimum atomic E-state index is -3.84. The molecule has 0 aliphatic rings. The van der Waals surface area contributed by atoms with Gasteiger partial charge in [-0.2, -0.15) is 0 Å². The van der Waals surface area contributed by atoms with Crippen LogP contribution in [0.1, 0.15) is 39.8 Å². The Bertz CT molecular complexity index is 1120. The van der Waals surface area contributed by atoms with Crippen LogP contribution in [0.4, 0.5) is 10.8 Å². The van der Waals surface area contributed by atoms with Crippen molar-refractivity contribution in [3.8, 4) is 0 Å². The van der Waals surface area contributed by atoms with Crippen LogP contribution in [0.15, 0.2) is 47.4 Å². The SMILES string of the molecule is CCCc1nnc(NC(=O)c2ccc(C)c(S(=O)(=O)Nc3ccc(C)cc3)c2)s1. The van der Waals surface area contributed by atoms with E-state index in [2.05, 4.69) is 20.2 Å². The second-order valence-electron chi connectivity index (χ2n) is 6.66. The minimum absolute atomic E-state index is 0.0506. The Balaban J connectivity index is 1.82. The number of carbonyl (C=O) groups is 1. The molecule has 9 heteroatoms. The van der Waals surface area contributed by atoms with Gasteiger partial charge < -0.3 is 0 Å². The van der Waals surface area contributed by atoms with Gasteiger partial charge in [0, 0.05) is 17.7 Å². The highest BCUT2D eigenvalue weighted by atomic mass is 32.2. The van der Waals surface area contributed by atoms with Crippen molar-refractivity contribution >= 4 is 38.1 Å². The van der Waals surface area contributed by atoms with Crippen molar-refractivity contribution in [3.05, 3.63) is 64.2 Å². The van der Waals surface area contributed by atoms with Gasteiger partial charge in [-0.3, -0.25) is 14.8 Å². The largest absolute Gasteiger partial charge is 0.296 e.